The van der Waals surface area contributed by atoms with E-state index < -0.39 is 0 Å². The maximum Gasteiger partial charge on any atom is 0.316 e. The smallest absolute Gasteiger partial charge is 0.316 e. The molecule has 0 bridgehead atoms. The van der Waals surface area contributed by atoms with Crippen molar-refractivity contribution in [2.75, 3.05) is 12.4 Å². The van der Waals surface area contributed by atoms with Crippen LogP contribution in [0.4, 0.5) is 0 Å². The van der Waals surface area contributed by atoms with Gasteiger partial charge in [-0.05, 0) is 5.92 Å². The van der Waals surface area contributed by atoms with Gasteiger partial charge in [0.1, 0.15) is 0 Å². The van der Waals surface area contributed by atoms with Gasteiger partial charge in [-0.3, -0.25) is 9.59 Å². The molecular weight excluding hydrogens is 284 g/mol. The fourth-order valence-corrected chi connectivity index (χ4v) is 3.25. The number of nitrogens with zero attached hydrogens (tertiary/aromatic N) is 1. The summed E-state index contributed by atoms with van der Waals surface area (Å²) in [6.45, 7) is 4.39. The minimum atomic E-state index is -0.281. The lowest BCUT2D eigenvalue weighted by Gasteiger charge is -2.07. The van der Waals surface area contributed by atoms with Gasteiger partial charge in [-0.15, -0.1) is 0 Å². The van der Waals surface area contributed by atoms with Gasteiger partial charge in [-0.25, -0.2) is 4.98 Å². The standard InChI is InChI=1S/C12H16N2O3S2/c1-7(2)3-17-10(15)6-19-12-13-9-5-18-4-8(9)11(16)14-12/h7H,3-6H2,1-2H3,(H,13,14,16). The summed E-state index contributed by atoms with van der Waals surface area (Å²) in [5.74, 6) is 1.70. The van der Waals surface area contributed by atoms with E-state index in [1.807, 2.05) is 13.8 Å². The molecule has 0 saturated heterocycles. The van der Waals surface area contributed by atoms with Crippen molar-refractivity contribution in [3.05, 3.63) is 21.6 Å². The van der Waals surface area contributed by atoms with E-state index in [4.69, 9.17) is 4.74 Å². The third-order valence-electron chi connectivity index (χ3n) is 2.47. The van der Waals surface area contributed by atoms with E-state index in [2.05, 4.69) is 9.97 Å². The van der Waals surface area contributed by atoms with E-state index >= 15 is 0 Å². The Morgan fingerprint density at radius 3 is 3.05 bits per heavy atom. The highest BCUT2D eigenvalue weighted by Crippen LogP contribution is 2.26. The topological polar surface area (TPSA) is 72.0 Å². The van der Waals surface area contributed by atoms with Crippen molar-refractivity contribution in [1.29, 1.82) is 0 Å². The number of rotatable bonds is 5. The Kier molecular flexibility index (Phi) is 4.93. The third kappa shape index (κ3) is 4.01. The molecule has 0 aromatic carbocycles. The number of aromatic nitrogens is 2. The molecule has 19 heavy (non-hydrogen) atoms. The molecule has 7 heteroatoms. The van der Waals surface area contributed by atoms with E-state index in [-0.39, 0.29) is 17.3 Å². The van der Waals surface area contributed by atoms with Gasteiger partial charge in [-0.2, -0.15) is 11.8 Å². The SMILES string of the molecule is CC(C)COC(=O)CSc1nc2c(c(=O)[nH]1)CSC2. The van der Waals surface area contributed by atoms with Gasteiger partial charge < -0.3 is 9.72 Å². The molecule has 0 radical (unpaired) electrons. The summed E-state index contributed by atoms with van der Waals surface area (Å²) in [5, 5.41) is 0.493. The van der Waals surface area contributed by atoms with Crippen LogP contribution in [0.3, 0.4) is 0 Å². The van der Waals surface area contributed by atoms with Crippen LogP contribution in [0.15, 0.2) is 9.95 Å². The number of esters is 1. The molecule has 1 aromatic rings. The number of carbonyl (C=O) groups excluding carboxylic acids is 1. The minimum Gasteiger partial charge on any atom is -0.465 e. The van der Waals surface area contributed by atoms with Crippen LogP contribution in [0.25, 0.3) is 0 Å². The van der Waals surface area contributed by atoms with E-state index in [1.165, 1.54) is 11.8 Å². The normalized spacial score (nSPS) is 13.6. The molecule has 0 atom stereocenters. The Bertz CT molecular complexity index is 528. The van der Waals surface area contributed by atoms with Gasteiger partial charge in [-0.1, -0.05) is 25.6 Å². The van der Waals surface area contributed by atoms with Crippen molar-refractivity contribution in [1.82, 2.24) is 9.97 Å². The highest BCUT2D eigenvalue weighted by Gasteiger charge is 2.18. The van der Waals surface area contributed by atoms with Crippen LogP contribution in [0, 0.1) is 5.92 Å². The number of nitrogens with one attached hydrogen (secondary N) is 1. The largest absolute Gasteiger partial charge is 0.465 e. The Hall–Kier alpha value is -0.950. The van der Waals surface area contributed by atoms with Crippen molar-refractivity contribution < 1.29 is 9.53 Å². The number of carbonyl (C=O) groups is 1. The van der Waals surface area contributed by atoms with Gasteiger partial charge in [0.05, 0.1) is 18.1 Å². The number of ether oxygens (including phenoxy) is 1. The monoisotopic (exact) mass is 300 g/mol. The number of hydrogen-bond donors (Lipinski definition) is 1. The van der Waals surface area contributed by atoms with Crippen LogP contribution in [0.1, 0.15) is 25.1 Å². The van der Waals surface area contributed by atoms with Crippen LogP contribution in [0.2, 0.25) is 0 Å². The Balaban J connectivity index is 1.92. The molecule has 1 aliphatic heterocycles. The predicted molar refractivity (Wildman–Crippen MR) is 76.4 cm³/mol. The van der Waals surface area contributed by atoms with E-state index in [1.54, 1.807) is 11.8 Å². The van der Waals surface area contributed by atoms with Crippen LogP contribution in [-0.2, 0) is 21.0 Å². The fourth-order valence-electron chi connectivity index (χ4n) is 1.54. The molecule has 0 fully saturated rings. The number of thioether (sulfide) groups is 2. The zero-order chi connectivity index (χ0) is 13.8. The molecule has 0 aliphatic carbocycles. The first-order chi connectivity index (χ1) is 9.06. The molecule has 1 N–H and O–H groups in total. The molecule has 2 heterocycles. The summed E-state index contributed by atoms with van der Waals surface area (Å²) in [4.78, 5) is 30.3. The second kappa shape index (κ2) is 6.47. The highest BCUT2D eigenvalue weighted by molar-refractivity contribution is 7.99. The molecule has 2 rings (SSSR count). The molecule has 1 aromatic heterocycles. The van der Waals surface area contributed by atoms with E-state index in [0.717, 1.165) is 22.8 Å². The Labute approximate surface area is 119 Å². The van der Waals surface area contributed by atoms with Crippen LogP contribution in [-0.4, -0.2) is 28.3 Å². The molecule has 0 spiro atoms. The zero-order valence-corrected chi connectivity index (χ0v) is 12.5. The molecule has 0 saturated carbocycles. The first kappa shape index (κ1) is 14.5. The predicted octanol–water partition coefficient (Wildman–Crippen LogP) is 1.81. The number of fused-ring (bicyclic) bond motifs is 1. The lowest BCUT2D eigenvalue weighted by Crippen LogP contribution is -2.16. The first-order valence-electron chi connectivity index (χ1n) is 6.04. The summed E-state index contributed by atoms with van der Waals surface area (Å²) < 4.78 is 5.06. The molecule has 5 nitrogen and oxygen atoms in total. The van der Waals surface area contributed by atoms with Crippen LogP contribution >= 0.6 is 23.5 Å². The van der Waals surface area contributed by atoms with Gasteiger partial charge in [0, 0.05) is 17.1 Å². The number of aromatic amines is 1. The lowest BCUT2D eigenvalue weighted by molar-refractivity contribution is -0.141. The zero-order valence-electron chi connectivity index (χ0n) is 10.9. The molecule has 0 amide bonds. The van der Waals surface area contributed by atoms with Crippen molar-refractivity contribution in [3.8, 4) is 0 Å². The number of H-pyrrole nitrogens is 1. The van der Waals surface area contributed by atoms with Gasteiger partial charge in [0.2, 0.25) is 0 Å². The second-order valence-corrected chi connectivity index (χ2v) is 6.60. The Morgan fingerprint density at radius 2 is 2.32 bits per heavy atom. The lowest BCUT2D eigenvalue weighted by atomic mass is 10.2. The van der Waals surface area contributed by atoms with Crippen molar-refractivity contribution in [2.45, 2.75) is 30.5 Å². The molecule has 1 aliphatic rings. The summed E-state index contributed by atoms with van der Waals surface area (Å²) >= 11 is 2.89. The molecule has 0 unspecified atom stereocenters. The van der Waals surface area contributed by atoms with Gasteiger partial charge in [0.25, 0.3) is 5.56 Å². The van der Waals surface area contributed by atoms with Gasteiger partial charge >= 0.3 is 5.97 Å². The van der Waals surface area contributed by atoms with Crippen LogP contribution < -0.4 is 5.56 Å². The van der Waals surface area contributed by atoms with E-state index in [9.17, 15) is 9.59 Å². The average molecular weight is 300 g/mol. The summed E-state index contributed by atoms with van der Waals surface area (Å²) in [6, 6.07) is 0. The van der Waals surface area contributed by atoms with Crippen LogP contribution in [0.5, 0.6) is 0 Å². The van der Waals surface area contributed by atoms with E-state index in [0.29, 0.717) is 17.7 Å². The summed E-state index contributed by atoms with van der Waals surface area (Å²) in [6.07, 6.45) is 0. The first-order valence-corrected chi connectivity index (χ1v) is 8.18. The Morgan fingerprint density at radius 1 is 1.53 bits per heavy atom. The van der Waals surface area contributed by atoms with Crippen molar-refractivity contribution in [2.24, 2.45) is 5.92 Å². The third-order valence-corrected chi connectivity index (χ3v) is 4.29. The second-order valence-electron chi connectivity index (χ2n) is 4.65. The maximum absolute atomic E-state index is 11.8. The minimum absolute atomic E-state index is 0.0898. The van der Waals surface area contributed by atoms with Crippen molar-refractivity contribution in [3.63, 3.8) is 0 Å². The average Bonchev–Trinajstić information content (AvgIpc) is 2.82. The van der Waals surface area contributed by atoms with Crippen molar-refractivity contribution >= 4 is 29.5 Å². The fraction of sp³-hybridized carbons (Fsp3) is 0.583. The number of hydrogen-bond acceptors (Lipinski definition) is 6. The highest BCUT2D eigenvalue weighted by atomic mass is 32.2. The summed E-state index contributed by atoms with van der Waals surface area (Å²) in [5.41, 5.74) is 1.51. The summed E-state index contributed by atoms with van der Waals surface area (Å²) in [7, 11) is 0. The molecule has 104 valence electrons. The quantitative estimate of drug-likeness (QED) is 0.508. The molecular formula is C12H16N2O3S2. The van der Waals surface area contributed by atoms with Gasteiger partial charge in [0.15, 0.2) is 5.16 Å². The maximum atomic E-state index is 11.8.